The van der Waals surface area contributed by atoms with Gasteiger partial charge in [0.15, 0.2) is 0 Å². The van der Waals surface area contributed by atoms with Gasteiger partial charge in [0.1, 0.15) is 17.6 Å². The Bertz CT molecular complexity index is 1560. The van der Waals surface area contributed by atoms with Crippen molar-refractivity contribution in [3.05, 3.63) is 106 Å². The Labute approximate surface area is 231 Å². The first-order chi connectivity index (χ1) is 18.8. The highest BCUT2D eigenvalue weighted by molar-refractivity contribution is 7.98. The standard InChI is InChI=1S/C30H30FN5O2S/c1-5-38-23-11-8-10-21(16-23)27-26(28(37)33-25-14-13-18(2)15-19(25)3)20(4)32-29-34-30(35-36(27)29)39-17-22-9-6-7-12-24(22)31/h6-16,27H,5,17H2,1-4H3,(H,33,37)(H,32,34,35). The van der Waals surface area contributed by atoms with E-state index in [0.29, 0.717) is 46.0 Å². The van der Waals surface area contributed by atoms with Gasteiger partial charge in [0, 0.05) is 17.1 Å². The Morgan fingerprint density at radius 2 is 1.92 bits per heavy atom. The van der Waals surface area contributed by atoms with E-state index in [4.69, 9.17) is 9.84 Å². The second-order valence-corrected chi connectivity index (χ2v) is 10.3. The Hall–Kier alpha value is -4.11. The number of nitrogens with one attached hydrogen (secondary N) is 2. The SMILES string of the molecule is CCOc1cccc(C2C(C(=O)Nc3ccc(C)cc3C)=C(C)Nc3nc(SCc4ccccc4F)nn32)c1. The van der Waals surface area contributed by atoms with Gasteiger partial charge in [-0.3, -0.25) is 4.79 Å². The molecule has 1 aliphatic rings. The lowest BCUT2D eigenvalue weighted by molar-refractivity contribution is -0.113. The number of hydrogen-bond acceptors (Lipinski definition) is 6. The molecule has 1 aromatic heterocycles. The highest BCUT2D eigenvalue weighted by atomic mass is 32.2. The highest BCUT2D eigenvalue weighted by Gasteiger charge is 2.35. The van der Waals surface area contributed by atoms with Gasteiger partial charge >= 0.3 is 0 Å². The van der Waals surface area contributed by atoms with Crippen molar-refractivity contribution in [3.63, 3.8) is 0 Å². The molecule has 5 rings (SSSR count). The monoisotopic (exact) mass is 543 g/mol. The minimum Gasteiger partial charge on any atom is -0.494 e. The fraction of sp³-hybridized carbons (Fsp3) is 0.233. The van der Waals surface area contributed by atoms with Crippen LogP contribution in [-0.2, 0) is 10.5 Å². The van der Waals surface area contributed by atoms with E-state index < -0.39 is 6.04 Å². The van der Waals surface area contributed by atoms with Crippen LogP contribution in [0.5, 0.6) is 5.75 Å². The number of nitrogens with zero attached hydrogens (tertiary/aromatic N) is 3. The van der Waals surface area contributed by atoms with E-state index in [1.54, 1.807) is 16.8 Å². The van der Waals surface area contributed by atoms with Crippen LogP contribution >= 0.6 is 11.8 Å². The van der Waals surface area contributed by atoms with E-state index in [1.165, 1.54) is 17.8 Å². The van der Waals surface area contributed by atoms with Crippen molar-refractivity contribution in [2.45, 2.75) is 44.6 Å². The summed E-state index contributed by atoms with van der Waals surface area (Å²) in [6.45, 7) is 8.31. The maximum Gasteiger partial charge on any atom is 0.255 e. The number of carbonyl (C=O) groups is 1. The molecule has 2 N–H and O–H groups in total. The summed E-state index contributed by atoms with van der Waals surface area (Å²) in [4.78, 5) is 18.5. The molecule has 1 unspecified atom stereocenters. The smallest absolute Gasteiger partial charge is 0.255 e. The summed E-state index contributed by atoms with van der Waals surface area (Å²) in [6.07, 6.45) is 0. The van der Waals surface area contributed by atoms with Gasteiger partial charge < -0.3 is 15.4 Å². The lowest BCUT2D eigenvalue weighted by Crippen LogP contribution is -2.31. The molecule has 0 saturated carbocycles. The number of carbonyl (C=O) groups excluding carboxylic acids is 1. The molecule has 1 aliphatic heterocycles. The van der Waals surface area contributed by atoms with Crippen LogP contribution in [0.1, 0.15) is 42.1 Å². The summed E-state index contributed by atoms with van der Waals surface area (Å²) < 4.78 is 21.7. The van der Waals surface area contributed by atoms with Gasteiger partial charge in [-0.05, 0) is 68.7 Å². The number of benzene rings is 3. The molecule has 4 aromatic rings. The minimum atomic E-state index is -0.553. The number of thioether (sulfide) groups is 1. The molecule has 0 saturated heterocycles. The van der Waals surface area contributed by atoms with Crippen LogP contribution in [0.4, 0.5) is 16.0 Å². The topological polar surface area (TPSA) is 81.1 Å². The summed E-state index contributed by atoms with van der Waals surface area (Å²) in [5, 5.41) is 11.6. The highest BCUT2D eigenvalue weighted by Crippen LogP contribution is 2.38. The summed E-state index contributed by atoms with van der Waals surface area (Å²) in [5.41, 5.74) is 5.46. The number of fused-ring (bicyclic) bond motifs is 1. The van der Waals surface area contributed by atoms with E-state index in [-0.39, 0.29) is 11.7 Å². The van der Waals surface area contributed by atoms with Gasteiger partial charge in [-0.15, -0.1) is 5.10 Å². The number of anilines is 2. The molecule has 1 atom stereocenters. The normalized spacial score (nSPS) is 14.5. The lowest BCUT2D eigenvalue weighted by atomic mass is 9.94. The van der Waals surface area contributed by atoms with E-state index in [0.717, 1.165) is 22.4 Å². The summed E-state index contributed by atoms with van der Waals surface area (Å²) in [6, 6.07) is 19.7. The first-order valence-corrected chi connectivity index (χ1v) is 13.7. The average molecular weight is 544 g/mol. The fourth-order valence-corrected chi connectivity index (χ4v) is 5.45. The number of hydrogen-bond donors (Lipinski definition) is 2. The van der Waals surface area contributed by atoms with Crippen LogP contribution in [-0.4, -0.2) is 27.3 Å². The third-order valence-electron chi connectivity index (χ3n) is 6.51. The number of ether oxygens (including phenoxy) is 1. The molecule has 0 fully saturated rings. The third-order valence-corrected chi connectivity index (χ3v) is 7.39. The molecule has 0 bridgehead atoms. The Morgan fingerprint density at radius 3 is 2.69 bits per heavy atom. The molecule has 200 valence electrons. The second kappa shape index (κ2) is 11.3. The van der Waals surface area contributed by atoms with E-state index >= 15 is 0 Å². The molecular weight excluding hydrogens is 513 g/mol. The number of aromatic nitrogens is 3. The van der Waals surface area contributed by atoms with Gasteiger partial charge in [-0.2, -0.15) is 4.98 Å². The van der Waals surface area contributed by atoms with Crippen molar-refractivity contribution in [2.24, 2.45) is 0 Å². The maximum atomic E-state index is 14.2. The van der Waals surface area contributed by atoms with Crippen molar-refractivity contribution in [1.82, 2.24) is 14.8 Å². The van der Waals surface area contributed by atoms with E-state index in [9.17, 15) is 9.18 Å². The predicted molar refractivity (Wildman–Crippen MR) is 153 cm³/mol. The first-order valence-electron chi connectivity index (χ1n) is 12.8. The van der Waals surface area contributed by atoms with Crippen LogP contribution in [0.25, 0.3) is 0 Å². The van der Waals surface area contributed by atoms with Crippen molar-refractivity contribution >= 4 is 29.3 Å². The zero-order valence-corrected chi connectivity index (χ0v) is 23.1. The Balaban J connectivity index is 1.52. The van der Waals surface area contributed by atoms with E-state index in [1.807, 2.05) is 76.2 Å². The zero-order valence-electron chi connectivity index (χ0n) is 22.3. The van der Waals surface area contributed by atoms with Crippen molar-refractivity contribution in [2.75, 3.05) is 17.2 Å². The number of allylic oxidation sites excluding steroid dienone is 1. The molecule has 1 amide bonds. The molecule has 39 heavy (non-hydrogen) atoms. The van der Waals surface area contributed by atoms with Gasteiger partial charge in [0.2, 0.25) is 11.1 Å². The van der Waals surface area contributed by atoms with Crippen molar-refractivity contribution in [1.29, 1.82) is 0 Å². The molecule has 0 spiro atoms. The average Bonchev–Trinajstić information content (AvgIpc) is 3.31. The summed E-state index contributed by atoms with van der Waals surface area (Å²) >= 11 is 1.34. The van der Waals surface area contributed by atoms with Gasteiger partial charge in [0.05, 0.1) is 12.2 Å². The van der Waals surface area contributed by atoms with Crippen LogP contribution in [0, 0.1) is 19.7 Å². The fourth-order valence-electron chi connectivity index (χ4n) is 4.64. The Morgan fingerprint density at radius 1 is 1.10 bits per heavy atom. The van der Waals surface area contributed by atoms with Crippen LogP contribution in [0.3, 0.4) is 0 Å². The number of aryl methyl sites for hydroxylation is 2. The molecular formula is C30H30FN5O2S. The molecule has 2 heterocycles. The minimum absolute atomic E-state index is 0.236. The van der Waals surface area contributed by atoms with Crippen molar-refractivity contribution < 1.29 is 13.9 Å². The number of halogens is 1. The van der Waals surface area contributed by atoms with Crippen LogP contribution < -0.4 is 15.4 Å². The van der Waals surface area contributed by atoms with Crippen LogP contribution in [0.15, 0.2) is 83.2 Å². The number of rotatable bonds is 8. The van der Waals surface area contributed by atoms with Gasteiger partial charge in [0.25, 0.3) is 5.91 Å². The van der Waals surface area contributed by atoms with Crippen LogP contribution in [0.2, 0.25) is 0 Å². The first kappa shape index (κ1) is 26.5. The van der Waals surface area contributed by atoms with Gasteiger partial charge in [-0.1, -0.05) is 59.8 Å². The molecule has 9 heteroatoms. The lowest BCUT2D eigenvalue weighted by Gasteiger charge is -2.29. The largest absolute Gasteiger partial charge is 0.494 e. The quantitative estimate of drug-likeness (QED) is 0.242. The third kappa shape index (κ3) is 5.68. The zero-order chi connectivity index (χ0) is 27.5. The molecule has 0 aliphatic carbocycles. The Kier molecular flexibility index (Phi) is 7.70. The van der Waals surface area contributed by atoms with Gasteiger partial charge in [-0.25, -0.2) is 9.07 Å². The summed E-state index contributed by atoms with van der Waals surface area (Å²) in [5.74, 6) is 1.10. The molecule has 7 nitrogen and oxygen atoms in total. The van der Waals surface area contributed by atoms with Crippen molar-refractivity contribution in [3.8, 4) is 5.75 Å². The molecule has 0 radical (unpaired) electrons. The number of amides is 1. The summed E-state index contributed by atoms with van der Waals surface area (Å²) in [7, 11) is 0. The molecule has 3 aromatic carbocycles. The predicted octanol–water partition coefficient (Wildman–Crippen LogP) is 6.65. The van der Waals surface area contributed by atoms with E-state index in [2.05, 4.69) is 15.6 Å². The second-order valence-electron chi connectivity index (χ2n) is 9.39. The maximum absolute atomic E-state index is 14.2.